The monoisotopic (exact) mass is 318 g/mol. The summed E-state index contributed by atoms with van der Waals surface area (Å²) in [5.74, 6) is -1.47. The molecule has 0 N–H and O–H groups in total. The summed E-state index contributed by atoms with van der Waals surface area (Å²) in [4.78, 5) is 23.3. The van der Waals surface area contributed by atoms with Crippen LogP contribution in [0.25, 0.3) is 0 Å². The van der Waals surface area contributed by atoms with Crippen molar-refractivity contribution in [1.29, 1.82) is 0 Å². The number of carbonyl (C=O) groups excluding carboxylic acids is 2. The number of Topliss-reactive ketones (excluding diaryl/α,β-unsaturated/α-hetero) is 1. The van der Waals surface area contributed by atoms with Crippen LogP contribution in [-0.2, 0) is 16.1 Å². The van der Waals surface area contributed by atoms with Crippen molar-refractivity contribution in [2.75, 3.05) is 0 Å². The first-order chi connectivity index (χ1) is 9.16. The van der Waals surface area contributed by atoms with E-state index in [0.717, 1.165) is 10.0 Å². The number of carbonyl (C=O) groups is 2. The van der Waals surface area contributed by atoms with Gasteiger partial charge in [0.1, 0.15) is 6.61 Å². The summed E-state index contributed by atoms with van der Waals surface area (Å²) < 4.78 is 5.93. The van der Waals surface area contributed by atoms with Gasteiger partial charge >= 0.3 is 5.97 Å². The normalized spacial score (nSPS) is 9.95. The number of hydrogen-bond donors (Lipinski definition) is 0. The van der Waals surface area contributed by atoms with E-state index in [9.17, 15) is 9.59 Å². The van der Waals surface area contributed by atoms with Gasteiger partial charge in [-0.2, -0.15) is 0 Å². The number of benzene rings is 2. The quantitative estimate of drug-likeness (QED) is 0.493. The highest BCUT2D eigenvalue weighted by molar-refractivity contribution is 9.10. The number of halogens is 1. The lowest BCUT2D eigenvalue weighted by Crippen LogP contribution is -2.17. The van der Waals surface area contributed by atoms with E-state index in [2.05, 4.69) is 15.9 Å². The molecule has 3 nitrogen and oxygen atoms in total. The Morgan fingerprint density at radius 3 is 2.21 bits per heavy atom. The Kier molecular flexibility index (Phi) is 4.47. The highest BCUT2D eigenvalue weighted by atomic mass is 79.9. The summed E-state index contributed by atoms with van der Waals surface area (Å²) in [5, 5.41) is 0. The van der Waals surface area contributed by atoms with E-state index in [1.165, 1.54) is 0 Å². The fraction of sp³-hybridized carbons (Fsp3) is 0.0667. The molecule has 0 aliphatic carbocycles. The molecule has 0 aromatic heterocycles. The molecule has 0 saturated heterocycles. The minimum absolute atomic E-state index is 0.0880. The average Bonchev–Trinajstić information content (AvgIpc) is 2.46. The molecule has 0 unspecified atom stereocenters. The van der Waals surface area contributed by atoms with Crippen molar-refractivity contribution >= 4 is 27.7 Å². The minimum Gasteiger partial charge on any atom is -0.455 e. The zero-order valence-corrected chi connectivity index (χ0v) is 11.6. The number of ketones is 1. The molecule has 2 aromatic carbocycles. The second kappa shape index (κ2) is 6.29. The molecular weight excluding hydrogens is 308 g/mol. The van der Waals surface area contributed by atoms with Crippen molar-refractivity contribution < 1.29 is 14.3 Å². The third kappa shape index (κ3) is 3.76. The zero-order chi connectivity index (χ0) is 13.7. The van der Waals surface area contributed by atoms with Crippen molar-refractivity contribution in [3.05, 3.63) is 70.2 Å². The maximum Gasteiger partial charge on any atom is 0.380 e. The SMILES string of the molecule is O=C(OCc1ccc(Br)cc1)C(=O)c1ccccc1. The Labute approximate surface area is 119 Å². The first-order valence-electron chi connectivity index (χ1n) is 5.68. The molecule has 4 heteroatoms. The van der Waals surface area contributed by atoms with Crippen LogP contribution in [0.2, 0.25) is 0 Å². The van der Waals surface area contributed by atoms with Crippen molar-refractivity contribution in [1.82, 2.24) is 0 Å². The van der Waals surface area contributed by atoms with Crippen molar-refractivity contribution in [3.8, 4) is 0 Å². The topological polar surface area (TPSA) is 43.4 Å². The predicted molar refractivity (Wildman–Crippen MR) is 74.7 cm³/mol. The smallest absolute Gasteiger partial charge is 0.380 e. The Morgan fingerprint density at radius 1 is 0.947 bits per heavy atom. The standard InChI is InChI=1S/C15H11BrO3/c16-13-8-6-11(7-9-13)10-19-15(18)14(17)12-4-2-1-3-5-12/h1-9H,10H2. The van der Waals surface area contributed by atoms with Gasteiger partial charge in [0.05, 0.1) is 0 Å². The van der Waals surface area contributed by atoms with Gasteiger partial charge in [-0.15, -0.1) is 0 Å². The van der Waals surface area contributed by atoms with Crippen molar-refractivity contribution in [3.63, 3.8) is 0 Å². The average molecular weight is 319 g/mol. The molecule has 2 aromatic rings. The molecule has 0 bridgehead atoms. The summed E-state index contributed by atoms with van der Waals surface area (Å²) in [6.45, 7) is 0.0880. The first kappa shape index (κ1) is 13.5. The number of ether oxygens (including phenoxy) is 1. The van der Waals surface area contributed by atoms with E-state index >= 15 is 0 Å². The summed E-state index contributed by atoms with van der Waals surface area (Å²) in [7, 11) is 0. The second-order valence-electron chi connectivity index (χ2n) is 3.90. The van der Waals surface area contributed by atoms with Crippen LogP contribution in [0, 0.1) is 0 Å². The maximum atomic E-state index is 11.7. The van der Waals surface area contributed by atoms with Crippen LogP contribution in [0.15, 0.2) is 59.1 Å². The van der Waals surface area contributed by atoms with E-state index in [1.54, 1.807) is 30.3 Å². The highest BCUT2D eigenvalue weighted by Gasteiger charge is 2.17. The number of hydrogen-bond acceptors (Lipinski definition) is 3. The lowest BCUT2D eigenvalue weighted by Gasteiger charge is -2.04. The Bertz CT molecular complexity index is 576. The molecule has 19 heavy (non-hydrogen) atoms. The van der Waals surface area contributed by atoms with Crippen molar-refractivity contribution in [2.24, 2.45) is 0 Å². The molecule has 96 valence electrons. The second-order valence-corrected chi connectivity index (χ2v) is 4.81. The summed E-state index contributed by atoms with van der Waals surface area (Å²) in [6, 6.07) is 15.7. The van der Waals surface area contributed by atoms with Crippen molar-refractivity contribution in [2.45, 2.75) is 6.61 Å². The molecule has 0 spiro atoms. The van der Waals surface area contributed by atoms with Crippen LogP contribution in [0.5, 0.6) is 0 Å². The van der Waals surface area contributed by atoms with E-state index in [1.807, 2.05) is 24.3 Å². The van der Waals surface area contributed by atoms with E-state index in [4.69, 9.17) is 4.74 Å². The van der Waals surface area contributed by atoms with Gasteiger partial charge in [0.2, 0.25) is 0 Å². The highest BCUT2D eigenvalue weighted by Crippen LogP contribution is 2.11. The van der Waals surface area contributed by atoms with Crippen LogP contribution < -0.4 is 0 Å². The Balaban J connectivity index is 1.95. The van der Waals surface area contributed by atoms with Crippen LogP contribution in [0.4, 0.5) is 0 Å². The van der Waals surface area contributed by atoms with E-state index in [-0.39, 0.29) is 6.61 Å². The van der Waals surface area contributed by atoms with Gasteiger partial charge in [0.15, 0.2) is 0 Å². The van der Waals surface area contributed by atoms with Gasteiger partial charge in [-0.3, -0.25) is 4.79 Å². The van der Waals surface area contributed by atoms with Gasteiger partial charge in [-0.1, -0.05) is 58.4 Å². The molecular formula is C15H11BrO3. The maximum absolute atomic E-state index is 11.7. The van der Waals surface area contributed by atoms with E-state index < -0.39 is 11.8 Å². The number of rotatable bonds is 4. The van der Waals surface area contributed by atoms with Crippen LogP contribution in [-0.4, -0.2) is 11.8 Å². The van der Waals surface area contributed by atoms with Gasteiger partial charge in [-0.05, 0) is 17.7 Å². The van der Waals surface area contributed by atoms with Crippen LogP contribution >= 0.6 is 15.9 Å². The third-order valence-corrected chi connectivity index (χ3v) is 3.03. The van der Waals surface area contributed by atoms with E-state index in [0.29, 0.717) is 5.56 Å². The predicted octanol–water partition coefficient (Wildman–Crippen LogP) is 3.38. The van der Waals surface area contributed by atoms with Gasteiger partial charge < -0.3 is 4.74 Å². The zero-order valence-electron chi connectivity index (χ0n) is 10.0. The molecule has 0 fully saturated rings. The lowest BCUT2D eigenvalue weighted by molar-refractivity contribution is -0.139. The first-order valence-corrected chi connectivity index (χ1v) is 6.47. The molecule has 0 amide bonds. The molecule has 0 aliphatic heterocycles. The molecule has 0 radical (unpaired) electrons. The number of esters is 1. The van der Waals surface area contributed by atoms with Gasteiger partial charge in [-0.25, -0.2) is 4.79 Å². The largest absolute Gasteiger partial charge is 0.455 e. The molecule has 0 heterocycles. The molecule has 0 saturated carbocycles. The van der Waals surface area contributed by atoms with Crippen LogP contribution in [0.1, 0.15) is 15.9 Å². The molecule has 0 atom stereocenters. The summed E-state index contributed by atoms with van der Waals surface area (Å²) in [5.41, 5.74) is 1.17. The molecule has 0 aliphatic rings. The minimum atomic E-state index is -0.839. The Morgan fingerprint density at radius 2 is 1.58 bits per heavy atom. The Hall–Kier alpha value is -1.94. The third-order valence-electron chi connectivity index (χ3n) is 2.50. The van der Waals surface area contributed by atoms with Gasteiger partial charge in [0, 0.05) is 10.0 Å². The fourth-order valence-electron chi connectivity index (χ4n) is 1.50. The lowest BCUT2D eigenvalue weighted by atomic mass is 10.1. The summed E-state index contributed by atoms with van der Waals surface area (Å²) >= 11 is 3.32. The van der Waals surface area contributed by atoms with Crippen LogP contribution in [0.3, 0.4) is 0 Å². The molecule has 2 rings (SSSR count). The van der Waals surface area contributed by atoms with Gasteiger partial charge in [0.25, 0.3) is 5.78 Å². The fourth-order valence-corrected chi connectivity index (χ4v) is 1.77. The summed E-state index contributed by atoms with van der Waals surface area (Å²) in [6.07, 6.45) is 0.